The van der Waals surface area contributed by atoms with Crippen molar-refractivity contribution in [2.45, 2.75) is 37.4 Å². The molecule has 26 heavy (non-hydrogen) atoms. The highest BCUT2D eigenvalue weighted by Crippen LogP contribution is 2.29. The minimum Gasteiger partial charge on any atom is -0.312 e. The van der Waals surface area contributed by atoms with Crippen LogP contribution < -0.4 is 10.2 Å². The zero-order valence-electron chi connectivity index (χ0n) is 14.9. The molecule has 2 aromatic rings. The van der Waals surface area contributed by atoms with E-state index < -0.39 is 0 Å². The Kier molecular flexibility index (Phi) is 6.26. The third kappa shape index (κ3) is 4.62. The smallest absolute Gasteiger partial charge is 0.231 e. The van der Waals surface area contributed by atoms with E-state index in [1.54, 1.807) is 16.7 Å². The van der Waals surface area contributed by atoms with Gasteiger partial charge in [-0.3, -0.25) is 9.59 Å². The molecule has 1 unspecified atom stereocenters. The van der Waals surface area contributed by atoms with Gasteiger partial charge < -0.3 is 10.2 Å². The number of nitrogens with zero attached hydrogens (tertiary/aromatic N) is 3. The molecule has 138 valence electrons. The molecule has 1 aromatic carbocycles. The maximum atomic E-state index is 12.5. The largest absolute Gasteiger partial charge is 0.312 e. The van der Waals surface area contributed by atoms with E-state index in [1.165, 1.54) is 11.3 Å². The summed E-state index contributed by atoms with van der Waals surface area (Å²) in [5.41, 5.74) is 1.97. The van der Waals surface area contributed by atoms with Crippen molar-refractivity contribution >= 4 is 45.7 Å². The maximum Gasteiger partial charge on any atom is 0.231 e. The van der Waals surface area contributed by atoms with Crippen LogP contribution >= 0.6 is 23.1 Å². The van der Waals surface area contributed by atoms with Crippen LogP contribution in [0.2, 0.25) is 0 Å². The van der Waals surface area contributed by atoms with Gasteiger partial charge in [-0.05, 0) is 25.5 Å². The lowest BCUT2D eigenvalue weighted by atomic mass is 10.1. The van der Waals surface area contributed by atoms with Crippen molar-refractivity contribution in [1.29, 1.82) is 0 Å². The number of hydrogen-bond donors (Lipinski definition) is 1. The Morgan fingerprint density at radius 3 is 2.85 bits per heavy atom. The lowest BCUT2D eigenvalue weighted by Crippen LogP contribution is -2.28. The van der Waals surface area contributed by atoms with E-state index in [2.05, 4.69) is 22.4 Å². The van der Waals surface area contributed by atoms with Crippen LogP contribution in [-0.2, 0) is 9.59 Å². The molecular weight excluding hydrogens is 368 g/mol. The predicted molar refractivity (Wildman–Crippen MR) is 106 cm³/mol. The molecule has 1 aromatic heterocycles. The highest BCUT2D eigenvalue weighted by molar-refractivity contribution is 8.01. The van der Waals surface area contributed by atoms with Crippen LogP contribution in [0.4, 0.5) is 10.8 Å². The average Bonchev–Trinajstić information content (AvgIpc) is 3.23. The van der Waals surface area contributed by atoms with Crippen molar-refractivity contribution in [2.75, 3.05) is 22.5 Å². The first-order valence-electron chi connectivity index (χ1n) is 8.71. The summed E-state index contributed by atoms with van der Waals surface area (Å²) in [7, 11) is 0. The van der Waals surface area contributed by atoms with Gasteiger partial charge in [0.15, 0.2) is 4.34 Å². The van der Waals surface area contributed by atoms with Gasteiger partial charge >= 0.3 is 0 Å². The lowest BCUT2D eigenvalue weighted by Gasteiger charge is -2.16. The van der Waals surface area contributed by atoms with E-state index in [0.717, 1.165) is 34.2 Å². The van der Waals surface area contributed by atoms with Crippen LogP contribution in [0.3, 0.4) is 0 Å². The van der Waals surface area contributed by atoms with Crippen molar-refractivity contribution in [3.05, 3.63) is 29.8 Å². The number of carbonyl (C=O) groups excluding carboxylic acids is 2. The molecule has 0 aliphatic carbocycles. The zero-order chi connectivity index (χ0) is 18.5. The summed E-state index contributed by atoms with van der Waals surface area (Å²) in [6.45, 7) is 4.54. The summed E-state index contributed by atoms with van der Waals surface area (Å²) < 4.78 is 0.859. The molecule has 1 fully saturated rings. The van der Waals surface area contributed by atoms with Gasteiger partial charge in [0, 0.05) is 24.4 Å². The van der Waals surface area contributed by atoms with Gasteiger partial charge in [0.25, 0.3) is 0 Å². The van der Waals surface area contributed by atoms with Crippen molar-refractivity contribution in [2.24, 2.45) is 5.92 Å². The summed E-state index contributed by atoms with van der Waals surface area (Å²) in [6.07, 6.45) is 2.49. The summed E-state index contributed by atoms with van der Waals surface area (Å²) in [5, 5.41) is 11.4. The molecule has 2 heterocycles. The first kappa shape index (κ1) is 18.8. The molecule has 0 saturated carbocycles. The van der Waals surface area contributed by atoms with Crippen molar-refractivity contribution < 1.29 is 9.59 Å². The third-order valence-corrected chi connectivity index (χ3v) is 6.26. The molecule has 1 N–H and O–H groups in total. The fourth-order valence-corrected chi connectivity index (χ4v) is 4.60. The number of thioether (sulfide) groups is 1. The van der Waals surface area contributed by atoms with Gasteiger partial charge in [0.1, 0.15) is 0 Å². The van der Waals surface area contributed by atoms with Crippen molar-refractivity contribution in [1.82, 2.24) is 10.2 Å². The van der Waals surface area contributed by atoms with Gasteiger partial charge in [-0.1, -0.05) is 54.1 Å². The summed E-state index contributed by atoms with van der Waals surface area (Å²) in [6, 6.07) is 7.76. The monoisotopic (exact) mass is 390 g/mol. The number of aryl methyl sites for hydroxylation is 1. The first-order chi connectivity index (χ1) is 12.6. The number of hydrogen-bond acceptors (Lipinski definition) is 6. The van der Waals surface area contributed by atoms with Crippen molar-refractivity contribution in [3.63, 3.8) is 0 Å². The maximum absolute atomic E-state index is 12.5. The molecule has 1 atom stereocenters. The molecular formula is C18H22N4O2S2. The van der Waals surface area contributed by atoms with Gasteiger partial charge in [0.2, 0.25) is 16.9 Å². The highest BCUT2D eigenvalue weighted by Gasteiger charge is 2.35. The van der Waals surface area contributed by atoms with Crippen LogP contribution in [-0.4, -0.2) is 34.3 Å². The second-order valence-corrected chi connectivity index (χ2v) is 8.62. The standard InChI is InChI=1S/C18H22N4O2S2/c1-3-4-9-25-18-21-20-17(26-18)19-16(24)13-10-15(23)22(11-13)14-7-5-12(2)6-8-14/h5-8,13H,3-4,9-11H2,1-2H3,(H,19,20,24). The zero-order valence-corrected chi connectivity index (χ0v) is 16.5. The molecule has 6 nitrogen and oxygen atoms in total. The Morgan fingerprint density at radius 1 is 1.35 bits per heavy atom. The van der Waals surface area contributed by atoms with E-state index in [9.17, 15) is 9.59 Å². The second-order valence-electron chi connectivity index (χ2n) is 6.31. The molecule has 3 rings (SSSR count). The Morgan fingerprint density at radius 2 is 2.12 bits per heavy atom. The second kappa shape index (κ2) is 8.64. The summed E-state index contributed by atoms with van der Waals surface area (Å²) in [4.78, 5) is 26.5. The van der Waals surface area contributed by atoms with E-state index in [-0.39, 0.29) is 24.2 Å². The number of benzene rings is 1. The molecule has 1 aliphatic heterocycles. The van der Waals surface area contributed by atoms with Gasteiger partial charge in [0.05, 0.1) is 5.92 Å². The molecule has 1 saturated heterocycles. The van der Waals surface area contributed by atoms with Crippen LogP contribution in [0, 0.1) is 12.8 Å². The Bertz CT molecular complexity index is 776. The van der Waals surface area contributed by atoms with E-state index in [0.29, 0.717) is 11.7 Å². The molecule has 2 amide bonds. The highest BCUT2D eigenvalue weighted by atomic mass is 32.2. The van der Waals surface area contributed by atoms with Gasteiger partial charge in [-0.15, -0.1) is 10.2 Å². The Hall–Kier alpha value is -1.93. The van der Waals surface area contributed by atoms with Crippen LogP contribution in [0.5, 0.6) is 0 Å². The summed E-state index contributed by atoms with van der Waals surface area (Å²) >= 11 is 3.04. The normalized spacial score (nSPS) is 16.9. The third-order valence-electron chi connectivity index (χ3n) is 4.20. The minimum atomic E-state index is -0.371. The van der Waals surface area contributed by atoms with Gasteiger partial charge in [-0.2, -0.15) is 0 Å². The first-order valence-corrected chi connectivity index (χ1v) is 10.5. The van der Waals surface area contributed by atoms with Crippen LogP contribution in [0.25, 0.3) is 0 Å². The number of carbonyl (C=O) groups is 2. The number of amides is 2. The average molecular weight is 391 g/mol. The lowest BCUT2D eigenvalue weighted by molar-refractivity contribution is -0.122. The fourth-order valence-electron chi connectivity index (χ4n) is 2.69. The molecule has 0 bridgehead atoms. The van der Waals surface area contributed by atoms with Crippen LogP contribution in [0.1, 0.15) is 31.7 Å². The number of aromatic nitrogens is 2. The summed E-state index contributed by atoms with van der Waals surface area (Å²) in [5.74, 6) is 0.432. The van der Waals surface area contributed by atoms with Crippen molar-refractivity contribution in [3.8, 4) is 0 Å². The molecule has 8 heteroatoms. The fraction of sp³-hybridized carbons (Fsp3) is 0.444. The van der Waals surface area contributed by atoms with Crippen LogP contribution in [0.15, 0.2) is 28.6 Å². The van der Waals surface area contributed by atoms with E-state index in [1.807, 2.05) is 31.2 Å². The SMILES string of the molecule is CCCCSc1nnc(NC(=O)C2CC(=O)N(c3ccc(C)cc3)C2)s1. The molecule has 0 radical (unpaired) electrons. The Labute approximate surface area is 161 Å². The Balaban J connectivity index is 1.57. The number of nitrogens with one attached hydrogen (secondary N) is 1. The minimum absolute atomic E-state index is 0.0259. The number of anilines is 2. The van der Waals surface area contributed by atoms with Gasteiger partial charge in [-0.25, -0.2) is 0 Å². The van der Waals surface area contributed by atoms with E-state index in [4.69, 9.17) is 0 Å². The topological polar surface area (TPSA) is 75.2 Å². The molecule has 1 aliphatic rings. The van der Waals surface area contributed by atoms with E-state index >= 15 is 0 Å². The predicted octanol–water partition coefficient (Wildman–Crippen LogP) is 3.73. The molecule has 0 spiro atoms. The quantitative estimate of drug-likeness (QED) is 0.443. The number of unbranched alkanes of at least 4 members (excludes halogenated alkanes) is 1. The number of rotatable bonds is 7.